The van der Waals surface area contributed by atoms with Crippen molar-refractivity contribution in [2.45, 2.75) is 6.42 Å². The molecule has 0 heterocycles. The summed E-state index contributed by atoms with van der Waals surface area (Å²) in [5.41, 5.74) is 8.90. The summed E-state index contributed by atoms with van der Waals surface area (Å²) in [6.45, 7) is 0. The molecular weight excluding hydrogens is 569 g/mol. The molecule has 0 N–H and O–H groups in total. The Balaban J connectivity index is 1.17. The molecule has 0 spiro atoms. The monoisotopic (exact) mass is 600 g/mol. The number of benzene rings is 7. The fourth-order valence-corrected chi connectivity index (χ4v) is 6.46. The molecule has 2 nitrogen and oxygen atoms in total. The predicted molar refractivity (Wildman–Crippen MR) is 200 cm³/mol. The Morgan fingerprint density at radius 3 is 1.51 bits per heavy atom. The van der Waals surface area contributed by atoms with Gasteiger partial charge in [0.15, 0.2) is 0 Å². The van der Waals surface area contributed by atoms with E-state index < -0.39 is 0 Å². The maximum absolute atomic E-state index is 3.51. The molecule has 1 aliphatic carbocycles. The van der Waals surface area contributed by atoms with Crippen LogP contribution in [-0.2, 0) is 0 Å². The summed E-state index contributed by atoms with van der Waals surface area (Å²) in [6, 6.07) is 60.1. The van der Waals surface area contributed by atoms with Gasteiger partial charge in [-0.25, -0.2) is 0 Å². The highest BCUT2D eigenvalue weighted by molar-refractivity contribution is 5.99. The Hall–Kier alpha value is -6.30. The van der Waals surface area contributed by atoms with Crippen LogP contribution in [0.2, 0.25) is 0 Å². The largest absolute Gasteiger partial charge is 0.310 e. The lowest BCUT2D eigenvalue weighted by Gasteiger charge is -2.27. The van der Waals surface area contributed by atoms with Crippen molar-refractivity contribution in [3.05, 3.63) is 193 Å². The van der Waals surface area contributed by atoms with Crippen LogP contribution in [0.25, 0.3) is 27.1 Å². The van der Waals surface area contributed by atoms with Gasteiger partial charge in [0.1, 0.15) is 0 Å². The molecule has 7 aromatic rings. The molecule has 47 heavy (non-hydrogen) atoms. The Labute approximate surface area is 276 Å². The summed E-state index contributed by atoms with van der Waals surface area (Å²) in [5, 5.41) is 4.84. The van der Waals surface area contributed by atoms with Crippen LogP contribution in [0.4, 0.5) is 28.4 Å². The van der Waals surface area contributed by atoms with Crippen LogP contribution in [0.15, 0.2) is 188 Å². The van der Waals surface area contributed by atoms with E-state index >= 15 is 0 Å². The summed E-state index contributed by atoms with van der Waals surface area (Å²) in [6.07, 6.45) is 5.06. The van der Waals surface area contributed by atoms with E-state index in [2.05, 4.69) is 204 Å². The molecule has 1 aliphatic rings. The van der Waals surface area contributed by atoms with Crippen LogP contribution in [0.3, 0.4) is 0 Å². The second-order valence-corrected chi connectivity index (χ2v) is 11.6. The van der Waals surface area contributed by atoms with Crippen molar-refractivity contribution in [3.63, 3.8) is 0 Å². The first-order chi connectivity index (χ1) is 23.3. The minimum atomic E-state index is 0.670. The summed E-state index contributed by atoms with van der Waals surface area (Å²) in [7, 11) is 0. The van der Waals surface area contributed by atoms with E-state index in [4.69, 9.17) is 0 Å². The second-order valence-electron chi connectivity index (χ2n) is 11.6. The standard InChI is InChI=1S/C45H32N2/c1-3-19-38(20-4-1)46(44-26-12-17-36-14-7-9-24-42(36)44)40-23-11-16-34(28-31-40)35-29-32-41(33-30-35)47(39-21-5-2-6-22-39)45-27-13-18-37-15-8-10-25-43(37)45/h1-10,12-15,17-22,24-33H,16H2. The molecular formula is C45H32N2. The van der Waals surface area contributed by atoms with Gasteiger partial charge in [0.05, 0.1) is 17.1 Å². The average Bonchev–Trinajstić information content (AvgIpc) is 3.40. The van der Waals surface area contributed by atoms with Crippen LogP contribution in [0.1, 0.15) is 12.0 Å². The molecule has 0 atom stereocenters. The third kappa shape index (κ3) is 5.56. The molecule has 0 fully saturated rings. The van der Waals surface area contributed by atoms with Gasteiger partial charge in [0.25, 0.3) is 0 Å². The summed E-state index contributed by atoms with van der Waals surface area (Å²) in [5.74, 6) is 6.99. The van der Waals surface area contributed by atoms with E-state index in [1.165, 1.54) is 32.7 Å². The molecule has 0 unspecified atom stereocenters. The molecule has 0 saturated heterocycles. The molecule has 0 aliphatic heterocycles. The van der Waals surface area contributed by atoms with E-state index in [0.717, 1.165) is 34.1 Å². The zero-order chi connectivity index (χ0) is 31.4. The second kappa shape index (κ2) is 12.6. The molecule has 7 aromatic carbocycles. The number of hydrogen-bond acceptors (Lipinski definition) is 2. The maximum Gasteiger partial charge on any atom is 0.0970 e. The third-order valence-electron chi connectivity index (χ3n) is 8.72. The average molecular weight is 601 g/mol. The van der Waals surface area contributed by atoms with Crippen molar-refractivity contribution < 1.29 is 0 Å². The van der Waals surface area contributed by atoms with Crippen LogP contribution in [-0.4, -0.2) is 0 Å². The van der Waals surface area contributed by atoms with Gasteiger partial charge in [-0.15, -0.1) is 0 Å². The smallest absolute Gasteiger partial charge is 0.0970 e. The van der Waals surface area contributed by atoms with Crippen LogP contribution < -0.4 is 9.80 Å². The van der Waals surface area contributed by atoms with Gasteiger partial charge in [-0.1, -0.05) is 133 Å². The van der Waals surface area contributed by atoms with Gasteiger partial charge in [0, 0.05) is 34.3 Å². The van der Waals surface area contributed by atoms with E-state index in [1.807, 2.05) is 0 Å². The van der Waals surface area contributed by atoms with E-state index in [1.54, 1.807) is 0 Å². The lowest BCUT2D eigenvalue weighted by Crippen LogP contribution is -2.15. The molecule has 0 saturated carbocycles. The first kappa shape index (κ1) is 28.2. The van der Waals surface area contributed by atoms with E-state index in [9.17, 15) is 0 Å². The topological polar surface area (TPSA) is 6.48 Å². The van der Waals surface area contributed by atoms with Gasteiger partial charge < -0.3 is 9.80 Å². The predicted octanol–water partition coefficient (Wildman–Crippen LogP) is 12.0. The van der Waals surface area contributed by atoms with Crippen LogP contribution in [0, 0.1) is 11.8 Å². The number of para-hydroxylation sites is 2. The number of rotatable bonds is 7. The Morgan fingerprint density at radius 1 is 0.404 bits per heavy atom. The van der Waals surface area contributed by atoms with Gasteiger partial charge in [-0.05, 0) is 82.4 Å². The van der Waals surface area contributed by atoms with Crippen molar-refractivity contribution in [2.75, 3.05) is 9.80 Å². The Bertz CT molecular complexity index is 2310. The summed E-state index contributed by atoms with van der Waals surface area (Å²) < 4.78 is 0. The molecule has 0 radical (unpaired) electrons. The Kier molecular flexibility index (Phi) is 7.56. The van der Waals surface area contributed by atoms with Gasteiger partial charge in [-0.2, -0.15) is 0 Å². The van der Waals surface area contributed by atoms with Gasteiger partial charge in [0.2, 0.25) is 0 Å². The first-order valence-electron chi connectivity index (χ1n) is 16.0. The number of allylic oxidation sites excluding steroid dienone is 4. The number of fused-ring (bicyclic) bond motifs is 2. The van der Waals surface area contributed by atoms with Crippen LogP contribution >= 0.6 is 0 Å². The Morgan fingerprint density at radius 2 is 0.894 bits per heavy atom. The highest BCUT2D eigenvalue weighted by atomic mass is 15.2. The van der Waals surface area contributed by atoms with Crippen molar-refractivity contribution in [3.8, 4) is 11.8 Å². The van der Waals surface area contributed by atoms with Crippen molar-refractivity contribution in [2.24, 2.45) is 0 Å². The summed E-state index contributed by atoms with van der Waals surface area (Å²) in [4.78, 5) is 4.62. The van der Waals surface area contributed by atoms with Gasteiger partial charge in [-0.3, -0.25) is 0 Å². The number of anilines is 5. The molecule has 0 bridgehead atoms. The molecule has 8 rings (SSSR count). The fourth-order valence-electron chi connectivity index (χ4n) is 6.46. The first-order valence-corrected chi connectivity index (χ1v) is 16.0. The van der Waals surface area contributed by atoms with Crippen molar-refractivity contribution >= 4 is 55.6 Å². The van der Waals surface area contributed by atoms with E-state index in [-0.39, 0.29) is 0 Å². The quantitative estimate of drug-likeness (QED) is 0.168. The summed E-state index contributed by atoms with van der Waals surface area (Å²) >= 11 is 0. The minimum absolute atomic E-state index is 0.670. The SMILES string of the molecule is C1#CC(N(c2ccccc2)c2cccc3ccccc23)=CC=C(c2ccc(N(c3ccccc3)c3cccc4ccccc34)cc2)C1. The zero-order valence-electron chi connectivity index (χ0n) is 25.9. The minimum Gasteiger partial charge on any atom is -0.310 e. The lowest BCUT2D eigenvalue weighted by atomic mass is 10.0. The van der Waals surface area contributed by atoms with Gasteiger partial charge >= 0.3 is 0 Å². The molecule has 0 amide bonds. The van der Waals surface area contributed by atoms with Crippen LogP contribution in [0.5, 0.6) is 0 Å². The highest BCUT2D eigenvalue weighted by Gasteiger charge is 2.18. The zero-order valence-corrected chi connectivity index (χ0v) is 25.9. The lowest BCUT2D eigenvalue weighted by molar-refractivity contribution is 1.24. The molecule has 0 aromatic heterocycles. The van der Waals surface area contributed by atoms with E-state index in [0.29, 0.717) is 6.42 Å². The molecule has 222 valence electrons. The van der Waals surface area contributed by atoms with Crippen molar-refractivity contribution in [1.82, 2.24) is 0 Å². The highest BCUT2D eigenvalue weighted by Crippen LogP contribution is 2.40. The normalized spacial score (nSPS) is 12.4. The fraction of sp³-hybridized carbons (Fsp3) is 0.0222. The van der Waals surface area contributed by atoms with Crippen molar-refractivity contribution in [1.29, 1.82) is 0 Å². The number of nitrogens with zero attached hydrogens (tertiary/aromatic N) is 2. The third-order valence-corrected chi connectivity index (χ3v) is 8.72. The molecule has 2 heteroatoms. The maximum atomic E-state index is 3.51. The number of hydrogen-bond donors (Lipinski definition) is 0.